The number of rotatable bonds is 7. The molecule has 0 atom stereocenters. The van der Waals surface area contributed by atoms with Crippen LogP contribution in [-0.2, 0) is 0 Å². The third kappa shape index (κ3) is 4.75. The van der Waals surface area contributed by atoms with E-state index in [0.717, 1.165) is 33.8 Å². The molecule has 5 heteroatoms. The molecule has 0 aliphatic carbocycles. The first-order valence-corrected chi connectivity index (χ1v) is 8.38. The van der Waals surface area contributed by atoms with Gasteiger partial charge in [0.15, 0.2) is 0 Å². The maximum atomic E-state index is 8.26. The van der Waals surface area contributed by atoms with Gasteiger partial charge >= 0.3 is 0 Å². The van der Waals surface area contributed by atoms with Crippen LogP contribution in [0.5, 0.6) is 0 Å². The summed E-state index contributed by atoms with van der Waals surface area (Å²) in [5.74, 6) is 0. The van der Waals surface area contributed by atoms with E-state index in [9.17, 15) is 0 Å². The highest BCUT2D eigenvalue weighted by molar-refractivity contribution is 8.22. The molecular weight excluding hydrogens is 316 g/mol. The van der Waals surface area contributed by atoms with E-state index < -0.39 is 0 Å². The van der Waals surface area contributed by atoms with Gasteiger partial charge in [0.2, 0.25) is 0 Å². The fraction of sp³-hybridized carbons (Fsp3) is 0.105. The van der Waals surface area contributed by atoms with Gasteiger partial charge in [-0.3, -0.25) is 5.41 Å². The van der Waals surface area contributed by atoms with Gasteiger partial charge in [-0.15, -0.1) is 0 Å². The number of hydrogen-bond donors (Lipinski definition) is 4. The summed E-state index contributed by atoms with van der Waals surface area (Å²) in [4.78, 5) is 0.819. The SMILES string of the molecule is C=C(N)c1ccc(C(=C)SC(=N)c2ccc(NCCN)cc2)cc1. The number of benzene rings is 2. The maximum Gasteiger partial charge on any atom is 0.0990 e. The third-order valence-corrected chi connectivity index (χ3v) is 4.35. The summed E-state index contributed by atoms with van der Waals surface area (Å²) < 4.78 is 0. The molecule has 0 spiro atoms. The molecule has 24 heavy (non-hydrogen) atoms. The van der Waals surface area contributed by atoms with Gasteiger partial charge in [-0.2, -0.15) is 0 Å². The van der Waals surface area contributed by atoms with Crippen LogP contribution < -0.4 is 16.8 Å². The highest BCUT2D eigenvalue weighted by Crippen LogP contribution is 2.29. The molecule has 0 amide bonds. The van der Waals surface area contributed by atoms with Gasteiger partial charge in [-0.25, -0.2) is 0 Å². The van der Waals surface area contributed by atoms with Crippen molar-refractivity contribution in [2.45, 2.75) is 0 Å². The van der Waals surface area contributed by atoms with Crippen LogP contribution in [0.4, 0.5) is 5.69 Å². The van der Waals surface area contributed by atoms with Crippen molar-refractivity contribution in [3.05, 3.63) is 78.4 Å². The molecule has 0 heterocycles. The van der Waals surface area contributed by atoms with Gasteiger partial charge in [-0.1, -0.05) is 61.3 Å². The molecule has 0 unspecified atom stereocenters. The van der Waals surface area contributed by atoms with Crippen LogP contribution in [0.2, 0.25) is 0 Å². The minimum atomic E-state index is 0.456. The zero-order valence-electron chi connectivity index (χ0n) is 13.5. The van der Waals surface area contributed by atoms with Gasteiger partial charge in [0.1, 0.15) is 0 Å². The lowest BCUT2D eigenvalue weighted by atomic mass is 10.1. The van der Waals surface area contributed by atoms with E-state index in [2.05, 4.69) is 18.5 Å². The predicted molar refractivity (Wildman–Crippen MR) is 107 cm³/mol. The van der Waals surface area contributed by atoms with E-state index in [1.807, 2.05) is 48.5 Å². The summed E-state index contributed by atoms with van der Waals surface area (Å²) in [6.07, 6.45) is 0. The maximum absolute atomic E-state index is 8.26. The minimum Gasteiger partial charge on any atom is -0.399 e. The van der Waals surface area contributed by atoms with Gasteiger partial charge in [0.25, 0.3) is 0 Å². The van der Waals surface area contributed by atoms with Crippen molar-refractivity contribution in [2.75, 3.05) is 18.4 Å². The zero-order valence-corrected chi connectivity index (χ0v) is 14.3. The first kappa shape index (κ1) is 17.8. The Morgan fingerprint density at radius 3 is 2.04 bits per heavy atom. The van der Waals surface area contributed by atoms with Gasteiger partial charge < -0.3 is 16.8 Å². The van der Waals surface area contributed by atoms with Crippen LogP contribution >= 0.6 is 11.8 Å². The largest absolute Gasteiger partial charge is 0.399 e. The Labute approximate surface area is 147 Å². The Morgan fingerprint density at radius 1 is 0.958 bits per heavy atom. The highest BCUT2D eigenvalue weighted by atomic mass is 32.2. The summed E-state index contributed by atoms with van der Waals surface area (Å²) in [6.45, 7) is 9.10. The first-order chi connectivity index (χ1) is 11.5. The van der Waals surface area contributed by atoms with E-state index in [0.29, 0.717) is 17.3 Å². The van der Waals surface area contributed by atoms with Crippen LogP contribution in [0, 0.1) is 5.41 Å². The number of nitrogens with two attached hydrogens (primary N) is 2. The molecule has 2 rings (SSSR count). The smallest absolute Gasteiger partial charge is 0.0990 e. The molecule has 124 valence electrons. The molecule has 4 nitrogen and oxygen atoms in total. The van der Waals surface area contributed by atoms with Crippen LogP contribution in [-0.4, -0.2) is 18.1 Å². The zero-order chi connectivity index (χ0) is 17.5. The number of hydrogen-bond acceptors (Lipinski definition) is 5. The molecule has 2 aromatic carbocycles. The lowest BCUT2D eigenvalue weighted by Crippen LogP contribution is -2.12. The molecule has 6 N–H and O–H groups in total. The van der Waals surface area contributed by atoms with Gasteiger partial charge in [-0.05, 0) is 23.3 Å². The monoisotopic (exact) mass is 338 g/mol. The first-order valence-electron chi connectivity index (χ1n) is 7.56. The highest BCUT2D eigenvalue weighted by Gasteiger charge is 2.07. The third-order valence-electron chi connectivity index (χ3n) is 3.42. The summed E-state index contributed by atoms with van der Waals surface area (Å²) in [5, 5.41) is 11.9. The van der Waals surface area contributed by atoms with Crippen molar-refractivity contribution in [3.8, 4) is 0 Å². The standard InChI is InChI=1S/C19H22N4S/c1-13(21)15-3-5-16(6-4-15)14(2)24-19(22)17-7-9-18(10-8-17)23-12-11-20/h3-10,22-23H,1-2,11-12,20-21H2. The van der Waals surface area contributed by atoms with E-state index in [1.165, 1.54) is 11.8 Å². The fourth-order valence-electron chi connectivity index (χ4n) is 2.07. The summed E-state index contributed by atoms with van der Waals surface area (Å²) >= 11 is 1.34. The summed E-state index contributed by atoms with van der Waals surface area (Å²) in [6, 6.07) is 15.4. The van der Waals surface area contributed by atoms with Crippen molar-refractivity contribution in [3.63, 3.8) is 0 Å². The van der Waals surface area contributed by atoms with Crippen LogP contribution in [0.3, 0.4) is 0 Å². The Morgan fingerprint density at radius 2 is 1.50 bits per heavy atom. The van der Waals surface area contributed by atoms with E-state index in [-0.39, 0.29) is 0 Å². The molecule has 0 aromatic heterocycles. The molecule has 0 aliphatic rings. The van der Waals surface area contributed by atoms with Crippen LogP contribution in [0.25, 0.3) is 10.6 Å². The number of anilines is 1. The van der Waals surface area contributed by atoms with Crippen molar-refractivity contribution >= 4 is 33.1 Å². The van der Waals surface area contributed by atoms with Crippen LogP contribution in [0.1, 0.15) is 16.7 Å². The van der Waals surface area contributed by atoms with E-state index in [4.69, 9.17) is 16.9 Å². The molecule has 2 aromatic rings. The average molecular weight is 338 g/mol. The van der Waals surface area contributed by atoms with Crippen LogP contribution in [0.15, 0.2) is 61.7 Å². The molecule has 0 bridgehead atoms. The molecule has 0 fully saturated rings. The van der Waals surface area contributed by atoms with Gasteiger partial charge in [0, 0.05) is 34.9 Å². The van der Waals surface area contributed by atoms with E-state index in [1.54, 1.807) is 0 Å². The topological polar surface area (TPSA) is 87.9 Å². The predicted octanol–water partition coefficient (Wildman–Crippen LogP) is 3.72. The van der Waals surface area contributed by atoms with Crippen molar-refractivity contribution < 1.29 is 0 Å². The molecule has 0 saturated heterocycles. The minimum absolute atomic E-state index is 0.456. The quantitative estimate of drug-likeness (QED) is 0.458. The van der Waals surface area contributed by atoms with Crippen molar-refractivity contribution in [1.82, 2.24) is 0 Å². The molecule has 0 aliphatic heterocycles. The van der Waals surface area contributed by atoms with Crippen molar-refractivity contribution in [2.24, 2.45) is 11.5 Å². The normalized spacial score (nSPS) is 10.2. The lowest BCUT2D eigenvalue weighted by Gasteiger charge is -2.09. The average Bonchev–Trinajstić information content (AvgIpc) is 2.60. The second kappa shape index (κ2) is 8.38. The van der Waals surface area contributed by atoms with Crippen molar-refractivity contribution in [1.29, 1.82) is 5.41 Å². The van der Waals surface area contributed by atoms with E-state index >= 15 is 0 Å². The Kier molecular flexibility index (Phi) is 6.23. The fourth-order valence-corrected chi connectivity index (χ4v) is 2.82. The Hall–Kier alpha value is -2.50. The molecular formula is C19H22N4S. The second-order valence-electron chi connectivity index (χ2n) is 5.25. The number of thioether (sulfide) groups is 1. The molecule has 0 saturated carbocycles. The van der Waals surface area contributed by atoms with Gasteiger partial charge in [0.05, 0.1) is 5.04 Å². The summed E-state index contributed by atoms with van der Waals surface area (Å²) in [7, 11) is 0. The Bertz CT molecular complexity index is 733. The lowest BCUT2D eigenvalue weighted by molar-refractivity contribution is 1.02. The summed E-state index contributed by atoms with van der Waals surface area (Å²) in [5.41, 5.74) is 15.4. The molecule has 0 radical (unpaired) electrons. The Balaban J connectivity index is 2.00. The number of nitrogens with one attached hydrogen (secondary N) is 2. The second-order valence-corrected chi connectivity index (χ2v) is 6.35.